The van der Waals surface area contributed by atoms with E-state index in [1.807, 2.05) is 4.90 Å². The molecular formula is C13H17N3O4. The summed E-state index contributed by atoms with van der Waals surface area (Å²) in [6.45, 7) is 2.98. The molecule has 1 saturated heterocycles. The van der Waals surface area contributed by atoms with E-state index in [0.717, 1.165) is 0 Å². The van der Waals surface area contributed by atoms with Gasteiger partial charge >= 0.3 is 5.97 Å². The topological polar surface area (TPSA) is 91.8 Å². The Labute approximate surface area is 116 Å². The Kier molecular flexibility index (Phi) is 4.19. The van der Waals surface area contributed by atoms with Gasteiger partial charge in [0, 0.05) is 13.6 Å². The fraction of sp³-hybridized carbons (Fsp3) is 0.462. The zero-order chi connectivity index (χ0) is 14.7. The van der Waals surface area contributed by atoms with E-state index >= 15 is 0 Å². The van der Waals surface area contributed by atoms with E-state index in [2.05, 4.69) is 10.3 Å². The summed E-state index contributed by atoms with van der Waals surface area (Å²) in [6, 6.07) is 2.69. The first kappa shape index (κ1) is 14.3. The lowest BCUT2D eigenvalue weighted by Crippen LogP contribution is -2.53. The highest BCUT2D eigenvalue weighted by molar-refractivity contribution is 5.89. The zero-order valence-electron chi connectivity index (χ0n) is 11.4. The molecule has 1 aliphatic heterocycles. The molecule has 0 aromatic carbocycles. The zero-order valence-corrected chi connectivity index (χ0v) is 11.4. The lowest BCUT2D eigenvalue weighted by atomic mass is 10.1. The molecular weight excluding hydrogens is 262 g/mol. The number of aromatic carboxylic acids is 1. The molecule has 0 saturated carbocycles. The molecule has 2 N–H and O–H groups in total. The summed E-state index contributed by atoms with van der Waals surface area (Å²) in [4.78, 5) is 29.0. The Hall–Kier alpha value is -2.15. The summed E-state index contributed by atoms with van der Waals surface area (Å²) in [6.07, 6.45) is 0. The summed E-state index contributed by atoms with van der Waals surface area (Å²) < 4.78 is 5.32. The molecule has 1 fully saturated rings. The number of hydrogen-bond acceptors (Lipinski definition) is 5. The third-order valence-electron chi connectivity index (χ3n) is 3.27. The van der Waals surface area contributed by atoms with E-state index < -0.39 is 12.0 Å². The van der Waals surface area contributed by atoms with Crippen molar-refractivity contribution in [3.05, 3.63) is 23.4 Å². The summed E-state index contributed by atoms with van der Waals surface area (Å²) in [5, 5.41) is 11.6. The van der Waals surface area contributed by atoms with Crippen molar-refractivity contribution in [2.45, 2.75) is 13.0 Å². The normalized spacial score (nSPS) is 18.7. The van der Waals surface area contributed by atoms with Crippen LogP contribution < -0.4 is 10.2 Å². The van der Waals surface area contributed by atoms with Gasteiger partial charge in [0.25, 0.3) is 0 Å². The maximum absolute atomic E-state index is 11.9. The van der Waals surface area contributed by atoms with Crippen molar-refractivity contribution in [1.82, 2.24) is 10.3 Å². The number of pyridine rings is 1. The van der Waals surface area contributed by atoms with Crippen molar-refractivity contribution in [1.29, 1.82) is 0 Å². The molecule has 0 aliphatic carbocycles. The Balaban J connectivity index is 2.31. The average molecular weight is 279 g/mol. The highest BCUT2D eigenvalue weighted by Crippen LogP contribution is 2.19. The molecule has 7 nitrogen and oxygen atoms in total. The van der Waals surface area contributed by atoms with Crippen LogP contribution in [0.3, 0.4) is 0 Å². The van der Waals surface area contributed by atoms with E-state index in [1.165, 1.54) is 6.07 Å². The Morgan fingerprint density at radius 2 is 2.25 bits per heavy atom. The number of carbonyl (C=O) groups excluding carboxylic acids is 1. The Morgan fingerprint density at radius 3 is 2.85 bits per heavy atom. The molecule has 7 heteroatoms. The van der Waals surface area contributed by atoms with E-state index in [0.29, 0.717) is 31.3 Å². The predicted molar refractivity (Wildman–Crippen MR) is 72.0 cm³/mol. The molecule has 1 aromatic heterocycles. The van der Waals surface area contributed by atoms with Crippen LogP contribution in [0.25, 0.3) is 0 Å². The van der Waals surface area contributed by atoms with Gasteiger partial charge in [-0.3, -0.25) is 4.79 Å². The van der Waals surface area contributed by atoms with Crippen molar-refractivity contribution < 1.29 is 19.4 Å². The molecule has 20 heavy (non-hydrogen) atoms. The summed E-state index contributed by atoms with van der Waals surface area (Å²) in [5.41, 5.74) is 0.593. The first-order valence-electron chi connectivity index (χ1n) is 6.31. The number of amides is 1. The van der Waals surface area contributed by atoms with Crippen LogP contribution in [0.1, 0.15) is 16.1 Å². The SMILES string of the molecule is CNC(=O)C1COCCN1c1ccc(C(=O)O)c(C)n1. The number of carboxylic acid groups (broad SMARTS) is 1. The van der Waals surface area contributed by atoms with Crippen LogP contribution in [0.2, 0.25) is 0 Å². The minimum absolute atomic E-state index is 0.147. The first-order valence-corrected chi connectivity index (χ1v) is 6.31. The van der Waals surface area contributed by atoms with Crippen LogP contribution in [-0.4, -0.2) is 54.8 Å². The van der Waals surface area contributed by atoms with Gasteiger partial charge in [0.15, 0.2) is 0 Å². The van der Waals surface area contributed by atoms with Gasteiger partial charge in [-0.1, -0.05) is 0 Å². The van der Waals surface area contributed by atoms with Crippen LogP contribution in [0, 0.1) is 6.92 Å². The number of hydrogen-bond donors (Lipinski definition) is 2. The molecule has 1 unspecified atom stereocenters. The fourth-order valence-electron chi connectivity index (χ4n) is 2.20. The monoisotopic (exact) mass is 279 g/mol. The van der Waals surface area contributed by atoms with Crippen molar-refractivity contribution in [2.75, 3.05) is 31.7 Å². The Morgan fingerprint density at radius 1 is 1.50 bits per heavy atom. The third-order valence-corrected chi connectivity index (χ3v) is 3.27. The number of aromatic nitrogens is 1. The molecule has 2 rings (SSSR count). The van der Waals surface area contributed by atoms with Gasteiger partial charge in [0.05, 0.1) is 24.5 Å². The van der Waals surface area contributed by atoms with E-state index in [1.54, 1.807) is 20.0 Å². The number of ether oxygens (including phenoxy) is 1. The summed E-state index contributed by atoms with van der Waals surface area (Å²) >= 11 is 0. The molecule has 1 atom stereocenters. The number of morpholine rings is 1. The highest BCUT2D eigenvalue weighted by atomic mass is 16.5. The number of likely N-dealkylation sites (N-methyl/N-ethyl adjacent to an activating group) is 1. The lowest BCUT2D eigenvalue weighted by molar-refractivity contribution is -0.124. The minimum Gasteiger partial charge on any atom is -0.478 e. The molecule has 1 amide bonds. The number of rotatable bonds is 3. The van der Waals surface area contributed by atoms with Gasteiger partial charge in [0.2, 0.25) is 5.91 Å². The predicted octanol–water partition coefficient (Wildman–Crippen LogP) is 0.0394. The van der Waals surface area contributed by atoms with Crippen LogP contribution in [0.15, 0.2) is 12.1 Å². The van der Waals surface area contributed by atoms with Gasteiger partial charge in [-0.25, -0.2) is 9.78 Å². The molecule has 0 spiro atoms. The van der Waals surface area contributed by atoms with Crippen molar-refractivity contribution in [3.8, 4) is 0 Å². The van der Waals surface area contributed by atoms with Gasteiger partial charge in [0.1, 0.15) is 11.9 Å². The number of nitrogens with one attached hydrogen (secondary N) is 1. The maximum atomic E-state index is 11.9. The molecule has 2 heterocycles. The number of carboxylic acids is 1. The standard InChI is InChI=1S/C13H17N3O4/c1-8-9(13(18)19)3-4-11(15-8)16-5-6-20-7-10(16)12(17)14-2/h3-4,10H,5-7H2,1-2H3,(H,14,17)(H,18,19). The highest BCUT2D eigenvalue weighted by Gasteiger charge is 2.30. The van der Waals surface area contributed by atoms with Gasteiger partial charge in [-0.05, 0) is 19.1 Å². The van der Waals surface area contributed by atoms with Crippen LogP contribution in [-0.2, 0) is 9.53 Å². The molecule has 1 aromatic rings. The number of nitrogens with zero attached hydrogens (tertiary/aromatic N) is 2. The van der Waals surface area contributed by atoms with E-state index in [-0.39, 0.29) is 11.5 Å². The second kappa shape index (κ2) is 5.87. The van der Waals surface area contributed by atoms with Crippen molar-refractivity contribution in [3.63, 3.8) is 0 Å². The summed E-state index contributed by atoms with van der Waals surface area (Å²) in [7, 11) is 1.57. The first-order chi connectivity index (χ1) is 9.54. The average Bonchev–Trinajstić information content (AvgIpc) is 2.46. The Bertz CT molecular complexity index is 532. The third kappa shape index (κ3) is 2.72. The summed E-state index contributed by atoms with van der Waals surface area (Å²) in [5.74, 6) is -0.567. The smallest absolute Gasteiger partial charge is 0.337 e. The van der Waals surface area contributed by atoms with Crippen LogP contribution >= 0.6 is 0 Å². The number of carbonyl (C=O) groups is 2. The van der Waals surface area contributed by atoms with Gasteiger partial charge < -0.3 is 20.1 Å². The maximum Gasteiger partial charge on any atom is 0.337 e. The van der Waals surface area contributed by atoms with E-state index in [9.17, 15) is 9.59 Å². The van der Waals surface area contributed by atoms with Gasteiger partial charge in [-0.15, -0.1) is 0 Å². The second-order valence-electron chi connectivity index (χ2n) is 4.51. The van der Waals surface area contributed by atoms with Gasteiger partial charge in [-0.2, -0.15) is 0 Å². The lowest BCUT2D eigenvalue weighted by Gasteiger charge is -2.35. The molecule has 1 aliphatic rings. The number of anilines is 1. The van der Waals surface area contributed by atoms with Crippen molar-refractivity contribution >= 4 is 17.7 Å². The largest absolute Gasteiger partial charge is 0.478 e. The number of aryl methyl sites for hydroxylation is 1. The molecule has 0 radical (unpaired) electrons. The quantitative estimate of drug-likeness (QED) is 0.811. The van der Waals surface area contributed by atoms with Crippen LogP contribution in [0.4, 0.5) is 5.82 Å². The fourth-order valence-corrected chi connectivity index (χ4v) is 2.20. The van der Waals surface area contributed by atoms with Crippen LogP contribution in [0.5, 0.6) is 0 Å². The van der Waals surface area contributed by atoms with Crippen molar-refractivity contribution in [2.24, 2.45) is 0 Å². The van der Waals surface area contributed by atoms with E-state index in [4.69, 9.17) is 9.84 Å². The minimum atomic E-state index is -1.01. The second-order valence-corrected chi connectivity index (χ2v) is 4.51. The molecule has 108 valence electrons. The molecule has 0 bridgehead atoms.